The van der Waals surface area contributed by atoms with Crippen molar-refractivity contribution in [3.63, 3.8) is 0 Å². The Balaban J connectivity index is -0.00000105. The number of hydrogen-bond acceptors (Lipinski definition) is 5. The normalized spacial score (nSPS) is 11.4. The van der Waals surface area contributed by atoms with Crippen LogP contribution in [0.25, 0.3) is 0 Å². The van der Waals surface area contributed by atoms with Gasteiger partial charge in [0.05, 0.1) is 0 Å². The maximum atomic E-state index is 8.52. The fraction of sp³-hybridized carbons (Fsp3) is 0.889. The van der Waals surface area contributed by atoms with Gasteiger partial charge in [0, 0.05) is 23.6 Å². The van der Waals surface area contributed by atoms with Crippen molar-refractivity contribution in [2.24, 2.45) is 0 Å². The van der Waals surface area contributed by atoms with E-state index in [4.69, 9.17) is 22.3 Å². The summed E-state index contributed by atoms with van der Waals surface area (Å²) in [5.74, 6) is 0. The van der Waals surface area contributed by atoms with Gasteiger partial charge < -0.3 is 13.8 Å². The largest absolute Gasteiger partial charge is 1.00 e. The summed E-state index contributed by atoms with van der Waals surface area (Å²) in [5, 5.41) is 0. The van der Waals surface area contributed by atoms with Crippen molar-refractivity contribution >= 4 is 10.4 Å². The molecule has 0 aromatic rings. The van der Waals surface area contributed by atoms with Gasteiger partial charge in [-0.2, -0.15) is 0 Å². The number of hydrogen-bond donors (Lipinski definition) is 0. The summed E-state index contributed by atoms with van der Waals surface area (Å²) in [6.45, 7) is 6.54. The zero-order valence-corrected chi connectivity index (χ0v) is 34.8. The molecule has 0 unspecified atom stereocenters. The average Bonchev–Trinajstić information content (AvgIpc) is 2.94. The van der Waals surface area contributed by atoms with Crippen LogP contribution in [-0.4, -0.2) is 30.7 Å². The molecule has 0 saturated heterocycles. The van der Waals surface area contributed by atoms with E-state index in [1.807, 2.05) is 0 Å². The first-order valence-corrected chi connectivity index (χ1v) is 19.3. The minimum atomic E-state index is -5.17. The van der Waals surface area contributed by atoms with Crippen molar-refractivity contribution in [2.45, 2.75) is 194 Å². The van der Waals surface area contributed by atoms with Crippen LogP contribution in [0.1, 0.15) is 194 Å². The SMILES string of the molecule is CCCCCCCC/C=C/CCCCCCCCOCCCCCCCC/C=C/CCCCCCCC.O=S(=O)([O-])[O-].[Na+].[Na+]. The Morgan fingerprint density at radius 1 is 0.409 bits per heavy atom. The third-order valence-corrected chi connectivity index (χ3v) is 7.60. The van der Waals surface area contributed by atoms with Gasteiger partial charge in [-0.3, -0.25) is 8.42 Å². The van der Waals surface area contributed by atoms with Crippen LogP contribution >= 0.6 is 0 Å². The molecule has 0 aromatic carbocycles. The van der Waals surface area contributed by atoms with Gasteiger partial charge in [-0.25, -0.2) is 0 Å². The summed E-state index contributed by atoms with van der Waals surface area (Å²) in [6.07, 6.45) is 48.1. The standard InChI is InChI=1S/C36H70O.2Na.H2O4S/c1-3-5-7-9-11-13-15-17-19-21-23-25-27-29-31-33-35-37-36-34-32-30-28-26-24-22-20-18-16-14-12-10-8-6-4-2;;;1-5(2,3)4/h17-20H,3-16,21-36H2,1-2H3;;;(H2,1,2,3,4)/q;2*+1;/p-2/b19-17+,20-18+;;;. The van der Waals surface area contributed by atoms with E-state index in [1.54, 1.807) is 0 Å². The molecule has 0 atom stereocenters. The molecule has 0 spiro atoms. The van der Waals surface area contributed by atoms with Gasteiger partial charge in [-0.15, -0.1) is 0 Å². The van der Waals surface area contributed by atoms with Crippen LogP contribution in [0, 0.1) is 0 Å². The van der Waals surface area contributed by atoms with Crippen LogP contribution in [0.3, 0.4) is 0 Å². The Labute approximate surface area is 320 Å². The van der Waals surface area contributed by atoms with Crippen LogP contribution in [0.15, 0.2) is 24.3 Å². The van der Waals surface area contributed by atoms with E-state index in [2.05, 4.69) is 38.2 Å². The van der Waals surface area contributed by atoms with Crippen molar-refractivity contribution < 1.29 is 81.4 Å². The molecule has 252 valence electrons. The average molecular weight is 661 g/mol. The molecule has 44 heavy (non-hydrogen) atoms. The fourth-order valence-electron chi connectivity index (χ4n) is 5.01. The van der Waals surface area contributed by atoms with Gasteiger partial charge in [0.1, 0.15) is 0 Å². The molecule has 0 amide bonds. The van der Waals surface area contributed by atoms with Crippen molar-refractivity contribution in [1.29, 1.82) is 0 Å². The van der Waals surface area contributed by atoms with Gasteiger partial charge >= 0.3 is 59.1 Å². The van der Waals surface area contributed by atoms with Crippen LogP contribution in [0.2, 0.25) is 0 Å². The molecule has 0 saturated carbocycles. The van der Waals surface area contributed by atoms with Crippen molar-refractivity contribution in [3.8, 4) is 0 Å². The Morgan fingerprint density at radius 2 is 0.614 bits per heavy atom. The quantitative estimate of drug-likeness (QED) is 0.0302. The molecule has 0 rings (SSSR count). The molecule has 8 heteroatoms. The predicted molar refractivity (Wildman–Crippen MR) is 180 cm³/mol. The third kappa shape index (κ3) is 62.2. The summed E-state index contributed by atoms with van der Waals surface area (Å²) in [6, 6.07) is 0. The van der Waals surface area contributed by atoms with Crippen LogP contribution in [0.4, 0.5) is 0 Å². The summed E-state index contributed by atoms with van der Waals surface area (Å²) in [7, 11) is -5.17. The second kappa shape index (κ2) is 46.4. The molecular weight excluding hydrogens is 590 g/mol. The Bertz CT molecular complexity index is 609. The van der Waals surface area contributed by atoms with Gasteiger partial charge in [-0.05, 0) is 64.2 Å². The number of unbranched alkanes of at least 4 members (excludes halogenated alkanes) is 24. The van der Waals surface area contributed by atoms with Gasteiger partial charge in [0.15, 0.2) is 0 Å². The number of allylic oxidation sites excluding steroid dienone is 4. The minimum absolute atomic E-state index is 0. The molecule has 0 radical (unpaired) electrons. The third-order valence-electron chi connectivity index (χ3n) is 7.60. The Morgan fingerprint density at radius 3 is 0.864 bits per heavy atom. The smallest absolute Gasteiger partial charge is 0.759 e. The van der Waals surface area contributed by atoms with E-state index in [1.165, 1.54) is 180 Å². The second-order valence-electron chi connectivity index (χ2n) is 11.9. The number of rotatable bonds is 32. The maximum Gasteiger partial charge on any atom is 1.00 e. The van der Waals surface area contributed by atoms with Gasteiger partial charge in [0.2, 0.25) is 0 Å². The number of ether oxygens (including phenoxy) is 1. The molecule has 0 fully saturated rings. The molecule has 0 aliphatic rings. The summed E-state index contributed by atoms with van der Waals surface area (Å²) in [5.41, 5.74) is 0. The zero-order chi connectivity index (χ0) is 31.2. The van der Waals surface area contributed by atoms with E-state index >= 15 is 0 Å². The topological polar surface area (TPSA) is 89.5 Å². The first-order chi connectivity index (χ1) is 20.4. The van der Waals surface area contributed by atoms with Crippen LogP contribution in [-0.2, 0) is 15.1 Å². The van der Waals surface area contributed by atoms with E-state index in [0.29, 0.717) is 0 Å². The van der Waals surface area contributed by atoms with E-state index in [-0.39, 0.29) is 59.1 Å². The van der Waals surface area contributed by atoms with E-state index < -0.39 is 10.4 Å². The molecule has 0 N–H and O–H groups in total. The molecule has 0 bridgehead atoms. The van der Waals surface area contributed by atoms with Crippen LogP contribution in [0.5, 0.6) is 0 Å². The summed E-state index contributed by atoms with van der Waals surface area (Å²) in [4.78, 5) is 0. The van der Waals surface area contributed by atoms with E-state index in [0.717, 1.165) is 13.2 Å². The Kier molecular flexibility index (Phi) is 55.0. The molecule has 0 aromatic heterocycles. The maximum absolute atomic E-state index is 8.52. The molecule has 5 nitrogen and oxygen atoms in total. The van der Waals surface area contributed by atoms with Crippen LogP contribution < -0.4 is 59.1 Å². The second-order valence-corrected chi connectivity index (χ2v) is 12.7. The monoisotopic (exact) mass is 660 g/mol. The van der Waals surface area contributed by atoms with E-state index in [9.17, 15) is 0 Å². The first kappa shape index (κ1) is 52.1. The molecule has 0 aliphatic carbocycles. The zero-order valence-electron chi connectivity index (χ0n) is 30.0. The van der Waals surface area contributed by atoms with Crippen molar-refractivity contribution in [3.05, 3.63) is 24.3 Å². The summed E-state index contributed by atoms with van der Waals surface area (Å²) >= 11 is 0. The fourth-order valence-corrected chi connectivity index (χ4v) is 5.01. The van der Waals surface area contributed by atoms with Gasteiger partial charge in [-0.1, -0.05) is 154 Å². The molecular formula is C36H70Na2O5S. The minimum Gasteiger partial charge on any atom is -0.759 e. The first-order valence-electron chi connectivity index (χ1n) is 18.0. The van der Waals surface area contributed by atoms with Crippen molar-refractivity contribution in [1.82, 2.24) is 0 Å². The molecule has 0 aliphatic heterocycles. The molecule has 0 heterocycles. The predicted octanol–water partition coefficient (Wildman–Crippen LogP) is 5.75. The van der Waals surface area contributed by atoms with Gasteiger partial charge in [0.25, 0.3) is 0 Å². The summed E-state index contributed by atoms with van der Waals surface area (Å²) < 4.78 is 39.9. The van der Waals surface area contributed by atoms with Crippen molar-refractivity contribution in [2.75, 3.05) is 13.2 Å². The Hall–Kier alpha value is 1.31.